The molecule has 7 heteroatoms. The van der Waals surface area contributed by atoms with Crippen LogP contribution in [-0.2, 0) is 4.79 Å². The van der Waals surface area contributed by atoms with Crippen molar-refractivity contribution in [2.45, 2.75) is 64.3 Å². The summed E-state index contributed by atoms with van der Waals surface area (Å²) in [6, 6.07) is -1.01. The molecule has 1 atom stereocenters. The molecule has 1 unspecified atom stereocenters. The monoisotopic (exact) mass is 309 g/mol. The van der Waals surface area contributed by atoms with Crippen molar-refractivity contribution >= 4 is 5.91 Å². The van der Waals surface area contributed by atoms with E-state index in [1.165, 1.54) is 4.90 Å². The fourth-order valence-corrected chi connectivity index (χ4v) is 2.55. The highest BCUT2D eigenvalue weighted by molar-refractivity contribution is 5.82. The Morgan fingerprint density at radius 3 is 2.24 bits per heavy atom. The SMILES string of the molecule is CC(C(=O)NC(C)(C)C)N(CC(F)(F)F)C1CCNCC1. The molecule has 0 aromatic heterocycles. The van der Waals surface area contributed by atoms with Crippen molar-refractivity contribution in [1.82, 2.24) is 15.5 Å². The van der Waals surface area contributed by atoms with Gasteiger partial charge >= 0.3 is 6.18 Å². The van der Waals surface area contributed by atoms with Gasteiger partial charge in [-0.3, -0.25) is 9.69 Å². The van der Waals surface area contributed by atoms with Crippen molar-refractivity contribution < 1.29 is 18.0 Å². The van der Waals surface area contributed by atoms with E-state index in [9.17, 15) is 18.0 Å². The number of rotatable bonds is 4. The maximum absolute atomic E-state index is 12.8. The van der Waals surface area contributed by atoms with E-state index in [0.717, 1.165) is 0 Å². The number of carbonyl (C=O) groups is 1. The van der Waals surface area contributed by atoms with E-state index in [1.54, 1.807) is 6.92 Å². The average Bonchev–Trinajstić information content (AvgIpc) is 2.33. The Labute approximate surface area is 124 Å². The van der Waals surface area contributed by atoms with E-state index in [4.69, 9.17) is 0 Å². The molecule has 21 heavy (non-hydrogen) atoms. The van der Waals surface area contributed by atoms with E-state index < -0.39 is 24.3 Å². The van der Waals surface area contributed by atoms with Crippen LogP contribution in [0.2, 0.25) is 0 Å². The molecule has 1 aliphatic heterocycles. The first kappa shape index (κ1) is 18.2. The van der Waals surface area contributed by atoms with E-state index >= 15 is 0 Å². The molecule has 0 aliphatic carbocycles. The van der Waals surface area contributed by atoms with E-state index in [1.807, 2.05) is 20.8 Å². The number of nitrogens with one attached hydrogen (secondary N) is 2. The minimum atomic E-state index is -4.30. The Hall–Kier alpha value is -0.820. The fraction of sp³-hybridized carbons (Fsp3) is 0.929. The third-order valence-corrected chi connectivity index (χ3v) is 3.51. The summed E-state index contributed by atoms with van der Waals surface area (Å²) >= 11 is 0. The van der Waals surface area contributed by atoms with Crippen LogP contribution in [0.25, 0.3) is 0 Å². The molecule has 0 spiro atoms. The van der Waals surface area contributed by atoms with Gasteiger partial charge in [-0.25, -0.2) is 0 Å². The number of piperidine rings is 1. The molecule has 1 saturated heterocycles. The second-order valence-corrected chi connectivity index (χ2v) is 6.68. The smallest absolute Gasteiger partial charge is 0.350 e. The van der Waals surface area contributed by atoms with Crippen LogP contribution in [0.4, 0.5) is 13.2 Å². The van der Waals surface area contributed by atoms with Crippen LogP contribution in [-0.4, -0.2) is 54.2 Å². The van der Waals surface area contributed by atoms with Crippen molar-refractivity contribution in [2.75, 3.05) is 19.6 Å². The predicted molar refractivity (Wildman–Crippen MR) is 76.0 cm³/mol. The van der Waals surface area contributed by atoms with E-state index in [0.29, 0.717) is 25.9 Å². The van der Waals surface area contributed by atoms with Crippen molar-refractivity contribution in [2.24, 2.45) is 0 Å². The lowest BCUT2D eigenvalue weighted by Crippen LogP contribution is -2.57. The Morgan fingerprint density at radius 2 is 1.81 bits per heavy atom. The van der Waals surface area contributed by atoms with Crippen LogP contribution in [0.1, 0.15) is 40.5 Å². The van der Waals surface area contributed by atoms with Gasteiger partial charge < -0.3 is 10.6 Å². The molecule has 0 saturated carbocycles. The minimum absolute atomic E-state index is 0.214. The maximum Gasteiger partial charge on any atom is 0.401 e. The van der Waals surface area contributed by atoms with Gasteiger partial charge in [-0.05, 0) is 53.6 Å². The number of hydrogen-bond donors (Lipinski definition) is 2. The summed E-state index contributed by atoms with van der Waals surface area (Å²) in [7, 11) is 0. The van der Waals surface area contributed by atoms with Gasteiger partial charge in [0.15, 0.2) is 0 Å². The minimum Gasteiger partial charge on any atom is -0.350 e. The van der Waals surface area contributed by atoms with Crippen LogP contribution in [0, 0.1) is 0 Å². The first-order valence-electron chi connectivity index (χ1n) is 7.35. The highest BCUT2D eigenvalue weighted by Crippen LogP contribution is 2.23. The predicted octanol–water partition coefficient (Wildman–Crippen LogP) is 1.91. The number of carbonyl (C=O) groups excluding carboxylic acids is 1. The number of hydrogen-bond acceptors (Lipinski definition) is 3. The van der Waals surface area contributed by atoms with Gasteiger partial charge in [0, 0.05) is 11.6 Å². The molecule has 4 nitrogen and oxygen atoms in total. The number of halogens is 3. The fourth-order valence-electron chi connectivity index (χ4n) is 2.55. The second kappa shape index (κ2) is 6.96. The van der Waals surface area contributed by atoms with Gasteiger partial charge in [0.25, 0.3) is 0 Å². The first-order valence-corrected chi connectivity index (χ1v) is 7.35. The van der Waals surface area contributed by atoms with Crippen molar-refractivity contribution in [3.8, 4) is 0 Å². The zero-order valence-electron chi connectivity index (χ0n) is 13.2. The van der Waals surface area contributed by atoms with Crippen LogP contribution >= 0.6 is 0 Å². The standard InChI is InChI=1S/C14H26F3N3O/c1-10(12(21)19-13(2,3)4)20(9-14(15,16)17)11-5-7-18-8-6-11/h10-11,18H,5-9H2,1-4H3,(H,19,21). The Kier molecular flexibility index (Phi) is 6.04. The Bertz CT molecular complexity index is 346. The lowest BCUT2D eigenvalue weighted by atomic mass is 10.0. The molecule has 0 aromatic rings. The summed E-state index contributed by atoms with van der Waals surface area (Å²) in [5, 5.41) is 5.89. The number of amides is 1. The number of alkyl halides is 3. The van der Waals surface area contributed by atoms with Crippen LogP contribution in [0.15, 0.2) is 0 Å². The molecule has 2 N–H and O–H groups in total. The summed E-state index contributed by atoms with van der Waals surface area (Å²) in [4.78, 5) is 13.5. The van der Waals surface area contributed by atoms with Crippen molar-refractivity contribution in [3.05, 3.63) is 0 Å². The maximum atomic E-state index is 12.8. The van der Waals surface area contributed by atoms with E-state index in [2.05, 4.69) is 10.6 Å². The first-order chi connectivity index (χ1) is 9.49. The molecule has 0 aromatic carbocycles. The molecular weight excluding hydrogens is 283 g/mol. The molecule has 124 valence electrons. The third-order valence-electron chi connectivity index (χ3n) is 3.51. The van der Waals surface area contributed by atoms with Crippen molar-refractivity contribution in [1.29, 1.82) is 0 Å². The summed E-state index contributed by atoms with van der Waals surface area (Å²) in [5.41, 5.74) is -0.455. The zero-order valence-corrected chi connectivity index (χ0v) is 13.2. The second-order valence-electron chi connectivity index (χ2n) is 6.68. The van der Waals surface area contributed by atoms with Crippen LogP contribution in [0.5, 0.6) is 0 Å². The van der Waals surface area contributed by atoms with Crippen LogP contribution in [0.3, 0.4) is 0 Å². The average molecular weight is 309 g/mol. The normalized spacial score (nSPS) is 19.6. The number of nitrogens with zero attached hydrogens (tertiary/aromatic N) is 1. The quantitative estimate of drug-likeness (QED) is 0.834. The molecular formula is C14H26F3N3O. The Morgan fingerprint density at radius 1 is 1.29 bits per heavy atom. The molecule has 0 bridgehead atoms. The largest absolute Gasteiger partial charge is 0.401 e. The Balaban J connectivity index is 2.81. The lowest BCUT2D eigenvalue weighted by Gasteiger charge is -2.39. The topological polar surface area (TPSA) is 44.4 Å². The van der Waals surface area contributed by atoms with Gasteiger partial charge in [-0.1, -0.05) is 0 Å². The van der Waals surface area contributed by atoms with Gasteiger partial charge in [0.1, 0.15) is 0 Å². The molecule has 1 heterocycles. The molecule has 1 rings (SSSR count). The van der Waals surface area contributed by atoms with E-state index in [-0.39, 0.29) is 11.9 Å². The molecule has 0 radical (unpaired) electrons. The van der Waals surface area contributed by atoms with Gasteiger partial charge in [0.05, 0.1) is 12.6 Å². The van der Waals surface area contributed by atoms with Crippen LogP contribution < -0.4 is 10.6 Å². The van der Waals surface area contributed by atoms with Crippen molar-refractivity contribution in [3.63, 3.8) is 0 Å². The van der Waals surface area contributed by atoms with Gasteiger partial charge in [-0.2, -0.15) is 13.2 Å². The summed E-state index contributed by atoms with van der Waals surface area (Å²) in [6.45, 7) is 7.33. The molecule has 1 amide bonds. The summed E-state index contributed by atoms with van der Waals surface area (Å²) < 4.78 is 38.5. The summed E-state index contributed by atoms with van der Waals surface area (Å²) in [6.07, 6.45) is -3.05. The molecule has 1 fully saturated rings. The third kappa shape index (κ3) is 6.65. The highest BCUT2D eigenvalue weighted by Gasteiger charge is 2.39. The highest BCUT2D eigenvalue weighted by atomic mass is 19.4. The zero-order chi connectivity index (χ0) is 16.3. The molecule has 1 aliphatic rings. The summed E-state index contributed by atoms with van der Waals surface area (Å²) in [5.74, 6) is -0.356. The van der Waals surface area contributed by atoms with Gasteiger partial charge in [0.2, 0.25) is 5.91 Å². The lowest BCUT2D eigenvalue weighted by molar-refractivity contribution is -0.161. The van der Waals surface area contributed by atoms with Gasteiger partial charge in [-0.15, -0.1) is 0 Å².